The van der Waals surface area contributed by atoms with E-state index in [1.54, 1.807) is 24.3 Å². The molecule has 6 nitrogen and oxygen atoms in total. The fraction of sp³-hybridized carbons (Fsp3) is 0.0588. The number of aromatic hydroxyl groups is 1. The second-order valence-electron chi connectivity index (χ2n) is 5.17. The lowest BCUT2D eigenvalue weighted by molar-refractivity contribution is -0.117. The van der Waals surface area contributed by atoms with Gasteiger partial charge in [-0.1, -0.05) is 27.5 Å². The number of anilines is 1. The zero-order chi connectivity index (χ0) is 18.1. The largest absolute Gasteiger partial charge is 0.503 e. The van der Waals surface area contributed by atoms with E-state index >= 15 is 0 Å². The first-order valence-electron chi connectivity index (χ1n) is 7.10. The SMILES string of the molecule is COc1cc(/C=C2\C(=O)NN(c3ccc(Br)cc3)C2=O)cc(Cl)c1O. The maximum absolute atomic E-state index is 12.6. The lowest BCUT2D eigenvalue weighted by Gasteiger charge is -2.14. The Labute approximate surface area is 156 Å². The highest BCUT2D eigenvalue weighted by molar-refractivity contribution is 9.10. The second-order valence-corrected chi connectivity index (χ2v) is 6.49. The topological polar surface area (TPSA) is 78.9 Å². The summed E-state index contributed by atoms with van der Waals surface area (Å²) in [6.45, 7) is 0. The second kappa shape index (κ2) is 6.78. The van der Waals surface area contributed by atoms with Crippen LogP contribution in [0.4, 0.5) is 5.69 Å². The molecular formula is C17H12BrClN2O4. The zero-order valence-electron chi connectivity index (χ0n) is 12.9. The molecular weight excluding hydrogens is 412 g/mol. The van der Waals surface area contributed by atoms with Gasteiger partial charge in [0.2, 0.25) is 0 Å². The van der Waals surface area contributed by atoms with Gasteiger partial charge in [-0.25, -0.2) is 5.01 Å². The Bertz CT molecular complexity index is 896. The van der Waals surface area contributed by atoms with Crippen LogP contribution in [0.1, 0.15) is 5.56 Å². The quantitative estimate of drug-likeness (QED) is 0.587. The smallest absolute Gasteiger partial charge is 0.282 e. The number of amides is 2. The minimum Gasteiger partial charge on any atom is -0.503 e. The molecule has 1 aliphatic rings. The number of halogens is 2. The van der Waals surface area contributed by atoms with Crippen LogP contribution in [0.15, 0.2) is 46.4 Å². The van der Waals surface area contributed by atoms with Crippen molar-refractivity contribution in [3.8, 4) is 11.5 Å². The van der Waals surface area contributed by atoms with Gasteiger partial charge in [-0.05, 0) is 48.0 Å². The molecule has 2 aromatic carbocycles. The summed E-state index contributed by atoms with van der Waals surface area (Å²) in [4.78, 5) is 24.7. The average Bonchev–Trinajstić information content (AvgIpc) is 2.86. The summed E-state index contributed by atoms with van der Waals surface area (Å²) in [6.07, 6.45) is 1.39. The van der Waals surface area contributed by atoms with Crippen molar-refractivity contribution in [1.82, 2.24) is 5.43 Å². The zero-order valence-corrected chi connectivity index (χ0v) is 15.3. The number of nitrogens with zero attached hydrogens (tertiary/aromatic N) is 1. The Morgan fingerprint density at radius 3 is 2.56 bits per heavy atom. The van der Waals surface area contributed by atoms with Crippen LogP contribution in [-0.2, 0) is 9.59 Å². The first-order chi connectivity index (χ1) is 11.9. The van der Waals surface area contributed by atoms with Gasteiger partial charge in [-0.3, -0.25) is 15.0 Å². The molecule has 8 heteroatoms. The Morgan fingerprint density at radius 1 is 1.24 bits per heavy atom. The molecule has 1 fully saturated rings. The van der Waals surface area contributed by atoms with Gasteiger partial charge >= 0.3 is 0 Å². The summed E-state index contributed by atoms with van der Waals surface area (Å²) in [5.41, 5.74) is 3.45. The molecule has 0 aromatic heterocycles. The molecule has 2 N–H and O–H groups in total. The van der Waals surface area contributed by atoms with Crippen LogP contribution in [0.3, 0.4) is 0 Å². The standard InChI is InChI=1S/C17H12BrClN2O4/c1-25-14-8-9(7-13(19)15(14)22)6-12-16(23)20-21(17(12)24)11-4-2-10(18)3-5-11/h2-8,22H,1H3,(H,20,23)/b12-6+. The number of phenolic OH excluding ortho intramolecular Hbond substituents is 1. The summed E-state index contributed by atoms with van der Waals surface area (Å²) < 4.78 is 5.88. The number of phenols is 1. The van der Waals surface area contributed by atoms with E-state index in [4.69, 9.17) is 16.3 Å². The first kappa shape index (κ1) is 17.3. The molecule has 0 saturated carbocycles. The molecule has 2 aromatic rings. The van der Waals surface area contributed by atoms with E-state index in [1.165, 1.54) is 30.3 Å². The molecule has 2 amide bonds. The number of methoxy groups -OCH3 is 1. The molecule has 0 aliphatic carbocycles. The third kappa shape index (κ3) is 3.33. The third-order valence-corrected chi connectivity index (χ3v) is 4.37. The van der Waals surface area contributed by atoms with Crippen molar-refractivity contribution < 1.29 is 19.4 Å². The lowest BCUT2D eigenvalue weighted by Crippen LogP contribution is -2.35. The molecule has 3 rings (SSSR count). The molecule has 0 radical (unpaired) electrons. The number of ether oxygens (including phenoxy) is 1. The Kier molecular flexibility index (Phi) is 4.69. The van der Waals surface area contributed by atoms with Crippen LogP contribution >= 0.6 is 27.5 Å². The van der Waals surface area contributed by atoms with Crippen molar-refractivity contribution >= 4 is 51.1 Å². The minimum absolute atomic E-state index is 0.0493. The van der Waals surface area contributed by atoms with E-state index in [1.807, 2.05) is 0 Å². The van der Waals surface area contributed by atoms with Crippen LogP contribution in [0.2, 0.25) is 5.02 Å². The van der Waals surface area contributed by atoms with Gasteiger partial charge in [0.1, 0.15) is 5.57 Å². The van der Waals surface area contributed by atoms with E-state index in [0.29, 0.717) is 11.3 Å². The predicted octanol–water partition coefficient (Wildman–Crippen LogP) is 3.28. The van der Waals surface area contributed by atoms with Gasteiger partial charge in [0.25, 0.3) is 11.8 Å². The summed E-state index contributed by atoms with van der Waals surface area (Å²) in [7, 11) is 1.38. The molecule has 1 heterocycles. The van der Waals surface area contributed by atoms with E-state index in [9.17, 15) is 14.7 Å². The van der Waals surface area contributed by atoms with Crippen molar-refractivity contribution in [3.63, 3.8) is 0 Å². The van der Waals surface area contributed by atoms with Crippen molar-refractivity contribution in [2.45, 2.75) is 0 Å². The number of nitrogens with one attached hydrogen (secondary N) is 1. The first-order valence-corrected chi connectivity index (χ1v) is 8.27. The lowest BCUT2D eigenvalue weighted by atomic mass is 10.1. The van der Waals surface area contributed by atoms with Gasteiger partial charge in [-0.2, -0.15) is 0 Å². The molecule has 25 heavy (non-hydrogen) atoms. The summed E-state index contributed by atoms with van der Waals surface area (Å²) >= 11 is 9.25. The number of hydrogen-bond acceptors (Lipinski definition) is 4. The highest BCUT2D eigenvalue weighted by Crippen LogP contribution is 2.36. The third-order valence-electron chi connectivity index (χ3n) is 3.56. The summed E-state index contributed by atoms with van der Waals surface area (Å²) in [6, 6.07) is 9.85. The van der Waals surface area contributed by atoms with Crippen LogP contribution in [0.5, 0.6) is 11.5 Å². The van der Waals surface area contributed by atoms with Gasteiger partial charge in [0, 0.05) is 4.47 Å². The Morgan fingerprint density at radius 2 is 1.92 bits per heavy atom. The van der Waals surface area contributed by atoms with Crippen LogP contribution < -0.4 is 15.2 Å². The highest BCUT2D eigenvalue weighted by Gasteiger charge is 2.34. The molecule has 0 bridgehead atoms. The number of benzene rings is 2. The van der Waals surface area contributed by atoms with E-state index < -0.39 is 11.8 Å². The average molecular weight is 424 g/mol. The van der Waals surface area contributed by atoms with Gasteiger partial charge in [0.05, 0.1) is 17.8 Å². The molecule has 0 atom stereocenters. The summed E-state index contributed by atoms with van der Waals surface area (Å²) in [5, 5.41) is 11.0. The maximum atomic E-state index is 12.6. The molecule has 0 spiro atoms. The predicted molar refractivity (Wildman–Crippen MR) is 97.4 cm³/mol. The van der Waals surface area contributed by atoms with Crippen molar-refractivity contribution in [2.75, 3.05) is 12.1 Å². The van der Waals surface area contributed by atoms with Crippen LogP contribution in [-0.4, -0.2) is 24.0 Å². The Balaban J connectivity index is 1.96. The Hall–Kier alpha value is -2.51. The molecule has 0 unspecified atom stereocenters. The van der Waals surface area contributed by atoms with Crippen molar-refractivity contribution in [3.05, 3.63) is 57.0 Å². The number of carbonyl (C=O) groups is 2. The minimum atomic E-state index is -0.531. The van der Waals surface area contributed by atoms with Gasteiger partial charge in [0.15, 0.2) is 11.5 Å². The number of carbonyl (C=O) groups excluding carboxylic acids is 2. The van der Waals surface area contributed by atoms with E-state index in [0.717, 1.165) is 4.47 Å². The normalized spacial score (nSPS) is 15.6. The van der Waals surface area contributed by atoms with E-state index in [-0.39, 0.29) is 22.1 Å². The monoisotopic (exact) mass is 422 g/mol. The highest BCUT2D eigenvalue weighted by atomic mass is 79.9. The van der Waals surface area contributed by atoms with Gasteiger partial charge < -0.3 is 9.84 Å². The van der Waals surface area contributed by atoms with Gasteiger partial charge in [-0.15, -0.1) is 0 Å². The molecule has 128 valence electrons. The van der Waals surface area contributed by atoms with Crippen molar-refractivity contribution in [1.29, 1.82) is 0 Å². The molecule has 1 aliphatic heterocycles. The number of hydrogen-bond donors (Lipinski definition) is 2. The van der Waals surface area contributed by atoms with Crippen LogP contribution in [0.25, 0.3) is 6.08 Å². The van der Waals surface area contributed by atoms with Crippen LogP contribution in [0, 0.1) is 0 Å². The number of rotatable bonds is 3. The van der Waals surface area contributed by atoms with E-state index in [2.05, 4.69) is 21.4 Å². The number of hydrazine groups is 1. The fourth-order valence-corrected chi connectivity index (χ4v) is 2.81. The summed E-state index contributed by atoms with van der Waals surface area (Å²) in [5.74, 6) is -1.08. The fourth-order valence-electron chi connectivity index (χ4n) is 2.33. The molecule has 1 saturated heterocycles. The van der Waals surface area contributed by atoms with Crippen molar-refractivity contribution in [2.24, 2.45) is 0 Å². The maximum Gasteiger partial charge on any atom is 0.282 e.